The molecule has 0 bridgehead atoms. The van der Waals surface area contributed by atoms with Gasteiger partial charge in [0, 0.05) is 17.7 Å². The second-order valence-corrected chi connectivity index (χ2v) is 14.5. The molecule has 6 rings (SSSR count). The summed E-state index contributed by atoms with van der Waals surface area (Å²) in [7, 11) is 0. The van der Waals surface area contributed by atoms with Gasteiger partial charge in [-0.3, -0.25) is 0 Å². The molecular weight excluding hydrogens is 929 g/mol. The number of ether oxygens (including phenoxy) is 1. The molecule has 0 aliphatic carbocycles. The topological polar surface area (TPSA) is 30.2 Å². The fourth-order valence-corrected chi connectivity index (χ4v) is 6.78. The van der Waals surface area contributed by atoms with Crippen LogP contribution >= 0.6 is 0 Å². The predicted octanol–water partition coefficient (Wildman–Crippen LogP) is 8.82. The van der Waals surface area contributed by atoms with Crippen LogP contribution in [0.4, 0.5) is 87.8 Å². The van der Waals surface area contributed by atoms with Crippen molar-refractivity contribution in [3.05, 3.63) is 182 Å². The molecular formula is C41H20BF20NO2. The predicted molar refractivity (Wildman–Crippen MR) is 187 cm³/mol. The molecule has 0 saturated carbocycles. The van der Waals surface area contributed by atoms with E-state index >= 15 is 35.1 Å². The van der Waals surface area contributed by atoms with Crippen LogP contribution in [-0.2, 0) is 11.3 Å². The van der Waals surface area contributed by atoms with Gasteiger partial charge in [-0.15, -0.1) is 21.9 Å². The molecule has 1 aromatic heterocycles. The lowest BCUT2D eigenvalue weighted by atomic mass is 9.12. The smallest absolute Gasteiger partial charge is 0.404 e. The molecule has 65 heavy (non-hydrogen) atoms. The molecule has 0 N–H and O–H groups in total. The Morgan fingerprint density at radius 1 is 0.415 bits per heavy atom. The molecule has 0 radical (unpaired) electrons. The highest BCUT2D eigenvalue weighted by Crippen LogP contribution is 2.31. The number of carbonyl (C=O) groups excluding carboxylic acids is 1. The van der Waals surface area contributed by atoms with Crippen LogP contribution in [0.1, 0.15) is 36.8 Å². The van der Waals surface area contributed by atoms with Crippen LogP contribution in [0.2, 0.25) is 0 Å². The molecule has 0 saturated heterocycles. The standard InChI is InChI=1S/C24BF20.C17H20NO2/c26-5-1(6(27)14(35)21(42)13(5)34)25(2-7(28)15(36)22(43)16(37)8(2)29,3-9(30)17(38)23(44)18(39)10(3)31)4-11(32)19(40)24(45)20(41)12(4)33;1-17(2,3)20-16(19)15-11-7-8-12-18(15)13-14-9-5-4-6-10-14/h;4-12H,13H2,1-3H3/q-1;+1. The van der Waals surface area contributed by atoms with E-state index in [-0.39, 0.29) is 5.97 Å². The summed E-state index contributed by atoms with van der Waals surface area (Å²) in [5, 5.41) is 0. The fourth-order valence-electron chi connectivity index (χ4n) is 6.78. The van der Waals surface area contributed by atoms with Crippen LogP contribution in [0, 0.1) is 116 Å². The summed E-state index contributed by atoms with van der Waals surface area (Å²) in [5.41, 5.74) is -13.1. The maximum absolute atomic E-state index is 15.4. The molecule has 0 atom stereocenters. The summed E-state index contributed by atoms with van der Waals surface area (Å²) < 4.78 is 301. The highest BCUT2D eigenvalue weighted by atomic mass is 19.2. The van der Waals surface area contributed by atoms with E-state index in [1.54, 1.807) is 6.07 Å². The molecule has 0 aliphatic heterocycles. The van der Waals surface area contributed by atoms with E-state index in [0.29, 0.717) is 12.2 Å². The first-order valence-electron chi connectivity index (χ1n) is 17.6. The van der Waals surface area contributed by atoms with Crippen molar-refractivity contribution in [1.82, 2.24) is 0 Å². The lowest BCUT2D eigenvalue weighted by Gasteiger charge is -2.44. The van der Waals surface area contributed by atoms with Gasteiger partial charge in [-0.05, 0) is 26.8 Å². The van der Waals surface area contributed by atoms with E-state index in [2.05, 4.69) is 0 Å². The van der Waals surface area contributed by atoms with E-state index in [0.717, 1.165) is 5.56 Å². The SMILES string of the molecule is CC(C)(C)OC(=O)c1cccc[n+]1Cc1ccccc1.Fc1c(F)c(F)c([B-](c2c(F)c(F)c(F)c(F)c2F)(c2c(F)c(F)c(F)c(F)c2F)c2c(F)c(F)c(F)c(F)c2F)c(F)c1F. The summed E-state index contributed by atoms with van der Waals surface area (Å²) in [6.45, 7) is 6.26. The van der Waals surface area contributed by atoms with E-state index in [4.69, 9.17) is 4.74 Å². The molecule has 0 amide bonds. The zero-order valence-corrected chi connectivity index (χ0v) is 32.3. The third-order valence-corrected chi connectivity index (χ3v) is 9.45. The minimum Gasteiger partial charge on any atom is -0.452 e. The number of carbonyl (C=O) groups is 1. The summed E-state index contributed by atoms with van der Waals surface area (Å²) >= 11 is 0. The van der Waals surface area contributed by atoms with Crippen molar-refractivity contribution in [3.8, 4) is 0 Å². The van der Waals surface area contributed by atoms with E-state index in [9.17, 15) is 57.5 Å². The van der Waals surface area contributed by atoms with Crippen molar-refractivity contribution >= 4 is 34.0 Å². The third kappa shape index (κ3) is 8.33. The second-order valence-electron chi connectivity index (χ2n) is 14.5. The highest BCUT2D eigenvalue weighted by molar-refractivity contribution is 7.20. The number of esters is 1. The van der Waals surface area contributed by atoms with Crippen LogP contribution in [0.3, 0.4) is 0 Å². The van der Waals surface area contributed by atoms with Crippen LogP contribution in [0.25, 0.3) is 0 Å². The monoisotopic (exact) mass is 949 g/mol. The average Bonchev–Trinajstić information content (AvgIpc) is 3.26. The Balaban J connectivity index is 0.000000330. The second kappa shape index (κ2) is 18.1. The van der Waals surface area contributed by atoms with E-state index < -0.39 is 150 Å². The average molecular weight is 949 g/mol. The Labute approximate surface area is 351 Å². The number of pyridine rings is 1. The van der Waals surface area contributed by atoms with Crippen LogP contribution in [-0.4, -0.2) is 17.7 Å². The van der Waals surface area contributed by atoms with E-state index in [1.807, 2.05) is 74.0 Å². The van der Waals surface area contributed by atoms with Crippen LogP contribution < -0.4 is 26.4 Å². The van der Waals surface area contributed by atoms with Crippen molar-refractivity contribution in [3.63, 3.8) is 0 Å². The Hall–Kier alpha value is -6.62. The number of halogens is 20. The Morgan fingerprint density at radius 2 is 0.677 bits per heavy atom. The molecule has 6 aromatic rings. The number of hydrogen-bond donors (Lipinski definition) is 0. The van der Waals surface area contributed by atoms with Gasteiger partial charge >= 0.3 is 5.97 Å². The minimum absolute atomic E-state index is 0.297. The first-order valence-corrected chi connectivity index (χ1v) is 17.6. The van der Waals surface area contributed by atoms with Crippen LogP contribution in [0.5, 0.6) is 0 Å². The van der Waals surface area contributed by atoms with Crippen molar-refractivity contribution in [2.75, 3.05) is 0 Å². The normalized spacial score (nSPS) is 11.7. The summed E-state index contributed by atoms with van der Waals surface area (Å²) in [5.74, 6) is -71.7. The van der Waals surface area contributed by atoms with Crippen molar-refractivity contribution in [1.29, 1.82) is 0 Å². The molecule has 3 nitrogen and oxygen atoms in total. The largest absolute Gasteiger partial charge is 0.452 e. The summed E-state index contributed by atoms with van der Waals surface area (Å²) in [4.78, 5) is 12.2. The fraction of sp³-hybridized carbons (Fsp3) is 0.122. The Bertz CT molecular complexity index is 2510. The Kier molecular flexibility index (Phi) is 13.8. The molecule has 24 heteroatoms. The summed E-state index contributed by atoms with van der Waals surface area (Å²) in [6, 6.07) is 15.6. The highest BCUT2D eigenvalue weighted by Gasteiger charge is 2.52. The zero-order chi connectivity index (χ0) is 48.9. The van der Waals surface area contributed by atoms with Gasteiger partial charge < -0.3 is 4.74 Å². The van der Waals surface area contributed by atoms with Gasteiger partial charge in [0.25, 0.3) is 5.69 Å². The number of rotatable bonds is 7. The molecule has 0 unspecified atom stereocenters. The number of aromatic nitrogens is 1. The van der Waals surface area contributed by atoms with Crippen molar-refractivity contribution in [2.45, 2.75) is 32.9 Å². The van der Waals surface area contributed by atoms with Crippen molar-refractivity contribution < 1.29 is 102 Å². The number of hydrogen-bond acceptors (Lipinski definition) is 2. The molecule has 344 valence electrons. The van der Waals surface area contributed by atoms with Gasteiger partial charge in [0.2, 0.25) is 0 Å². The molecule has 0 aliphatic rings. The summed E-state index contributed by atoms with van der Waals surface area (Å²) in [6.07, 6.45) is -5.32. The third-order valence-electron chi connectivity index (χ3n) is 9.45. The first kappa shape index (κ1) is 49.4. The lowest BCUT2D eigenvalue weighted by Crippen LogP contribution is -2.81. The first-order chi connectivity index (χ1) is 30.2. The number of benzene rings is 5. The quantitative estimate of drug-likeness (QED) is 0.0401. The maximum Gasteiger partial charge on any atom is 0.404 e. The van der Waals surface area contributed by atoms with Gasteiger partial charge in [0.15, 0.2) is 82.5 Å². The minimum atomic E-state index is -7.22. The van der Waals surface area contributed by atoms with Gasteiger partial charge in [0.05, 0.1) is 0 Å². The van der Waals surface area contributed by atoms with E-state index in [1.165, 1.54) is 0 Å². The van der Waals surface area contributed by atoms with Gasteiger partial charge in [-0.2, -0.15) is 4.57 Å². The maximum atomic E-state index is 15.4. The molecule has 0 fully saturated rings. The molecule has 5 aromatic carbocycles. The Morgan fingerprint density at radius 3 is 0.954 bits per heavy atom. The van der Waals surface area contributed by atoms with Gasteiger partial charge in [-0.25, -0.2) is 92.6 Å². The van der Waals surface area contributed by atoms with Gasteiger partial charge in [0.1, 0.15) is 58.3 Å². The molecule has 0 spiro atoms. The van der Waals surface area contributed by atoms with Crippen molar-refractivity contribution in [2.24, 2.45) is 0 Å². The molecule has 1 heterocycles. The lowest BCUT2D eigenvalue weighted by molar-refractivity contribution is -0.690. The van der Waals surface area contributed by atoms with Gasteiger partial charge in [-0.1, -0.05) is 30.3 Å². The zero-order valence-electron chi connectivity index (χ0n) is 32.3. The van der Waals surface area contributed by atoms with Crippen LogP contribution in [0.15, 0.2) is 54.7 Å². The number of nitrogens with zero attached hydrogens (tertiary/aromatic N) is 1.